The molecule has 2 N–H and O–H groups in total. The van der Waals surface area contributed by atoms with E-state index in [4.69, 9.17) is 11.6 Å². The predicted octanol–water partition coefficient (Wildman–Crippen LogP) is 2.95. The second kappa shape index (κ2) is 10.5. The van der Waals surface area contributed by atoms with Crippen LogP contribution in [0.4, 0.5) is 0 Å². The van der Waals surface area contributed by atoms with Crippen LogP contribution in [0.3, 0.4) is 0 Å². The zero-order valence-electron chi connectivity index (χ0n) is 19.2. The first kappa shape index (κ1) is 24.7. The summed E-state index contributed by atoms with van der Waals surface area (Å²) in [6, 6.07) is 14.0. The number of halogens is 1. The van der Waals surface area contributed by atoms with Gasteiger partial charge in [-0.15, -0.1) is 11.3 Å². The van der Waals surface area contributed by atoms with Crippen molar-refractivity contribution in [3.8, 4) is 5.69 Å². The summed E-state index contributed by atoms with van der Waals surface area (Å²) < 4.78 is 1.99. The van der Waals surface area contributed by atoms with Gasteiger partial charge in [0.2, 0.25) is 5.91 Å². The summed E-state index contributed by atoms with van der Waals surface area (Å²) in [6.07, 6.45) is 2.49. The van der Waals surface area contributed by atoms with Gasteiger partial charge < -0.3 is 15.5 Å². The Bertz CT molecular complexity index is 1300. The van der Waals surface area contributed by atoms with Gasteiger partial charge in [-0.1, -0.05) is 17.7 Å². The molecule has 1 fully saturated rings. The van der Waals surface area contributed by atoms with Crippen LogP contribution in [-0.4, -0.2) is 53.4 Å². The molecule has 35 heavy (non-hydrogen) atoms. The largest absolute Gasteiger partial charge is 0.349 e. The second-order valence-electron chi connectivity index (χ2n) is 8.62. The number of hydrogen-bond acceptors (Lipinski definition) is 5. The molecule has 3 unspecified atom stereocenters. The van der Waals surface area contributed by atoms with E-state index in [2.05, 4.69) is 10.6 Å². The molecule has 2 aromatic heterocycles. The molecule has 1 saturated carbocycles. The average molecular weight is 513 g/mol. The van der Waals surface area contributed by atoms with Gasteiger partial charge in [0.05, 0.1) is 21.3 Å². The fraction of sp³-hybridized carbons (Fsp3) is 0.280. The van der Waals surface area contributed by atoms with Gasteiger partial charge in [0.25, 0.3) is 17.4 Å². The minimum atomic E-state index is -0.424. The number of pyridine rings is 1. The third-order valence-corrected chi connectivity index (χ3v) is 7.24. The van der Waals surface area contributed by atoms with Crippen LogP contribution in [-0.2, 0) is 4.79 Å². The first-order valence-electron chi connectivity index (χ1n) is 11.1. The van der Waals surface area contributed by atoms with E-state index in [0.717, 1.165) is 0 Å². The number of hydrogen-bond donors (Lipinski definition) is 2. The number of benzene rings is 1. The lowest BCUT2D eigenvalue weighted by atomic mass is 10.1. The van der Waals surface area contributed by atoms with Crippen LogP contribution in [0.25, 0.3) is 5.69 Å². The Balaban J connectivity index is 1.49. The molecule has 4 rings (SSSR count). The summed E-state index contributed by atoms with van der Waals surface area (Å²) in [5.41, 5.74) is 0.887. The molecule has 3 atom stereocenters. The van der Waals surface area contributed by atoms with Crippen molar-refractivity contribution in [2.45, 2.75) is 24.9 Å². The maximum absolute atomic E-state index is 13.0. The molecule has 182 valence electrons. The van der Waals surface area contributed by atoms with Crippen LogP contribution in [0.15, 0.2) is 65.6 Å². The van der Waals surface area contributed by atoms with Gasteiger partial charge in [-0.3, -0.25) is 23.7 Å². The van der Waals surface area contributed by atoms with E-state index in [1.807, 2.05) is 0 Å². The van der Waals surface area contributed by atoms with E-state index in [1.165, 1.54) is 26.9 Å². The summed E-state index contributed by atoms with van der Waals surface area (Å²) in [5.74, 6) is -0.974. The number of aromatic nitrogens is 1. The topological polar surface area (TPSA) is 101 Å². The Morgan fingerprint density at radius 3 is 2.17 bits per heavy atom. The molecule has 10 heteroatoms. The van der Waals surface area contributed by atoms with Gasteiger partial charge in [0.15, 0.2) is 0 Å². The molecule has 1 aliphatic carbocycles. The Hall–Kier alpha value is -3.43. The van der Waals surface area contributed by atoms with Gasteiger partial charge in [0.1, 0.15) is 0 Å². The maximum atomic E-state index is 13.0. The molecular formula is C25H25ClN4O4S. The highest BCUT2D eigenvalue weighted by Crippen LogP contribution is 2.29. The van der Waals surface area contributed by atoms with Crippen molar-refractivity contribution in [2.24, 2.45) is 5.92 Å². The monoisotopic (exact) mass is 512 g/mol. The van der Waals surface area contributed by atoms with Gasteiger partial charge in [0, 0.05) is 43.5 Å². The van der Waals surface area contributed by atoms with Crippen LogP contribution < -0.4 is 16.2 Å². The third kappa shape index (κ3) is 5.63. The number of thiophene rings is 1. The highest BCUT2D eigenvalue weighted by molar-refractivity contribution is 7.18. The van der Waals surface area contributed by atoms with E-state index >= 15 is 0 Å². The zero-order valence-corrected chi connectivity index (χ0v) is 20.8. The SMILES string of the molecule is CN(C)C(=O)C1CC(NC(=O)c2ccc(-n3ccccc3=O)cc2)C(NC(=O)c2ccc(Cl)s2)C1. The Morgan fingerprint density at radius 1 is 0.943 bits per heavy atom. The molecule has 0 bridgehead atoms. The van der Waals surface area contributed by atoms with Crippen LogP contribution in [0.1, 0.15) is 32.9 Å². The van der Waals surface area contributed by atoms with Crippen LogP contribution in [0, 0.1) is 5.92 Å². The van der Waals surface area contributed by atoms with Gasteiger partial charge in [-0.25, -0.2) is 0 Å². The Labute approximate surface area is 211 Å². The highest BCUT2D eigenvalue weighted by atomic mass is 35.5. The van der Waals surface area contributed by atoms with Crippen molar-refractivity contribution < 1.29 is 14.4 Å². The van der Waals surface area contributed by atoms with Gasteiger partial charge >= 0.3 is 0 Å². The molecular weight excluding hydrogens is 488 g/mol. The maximum Gasteiger partial charge on any atom is 0.261 e. The lowest BCUT2D eigenvalue weighted by Crippen LogP contribution is -2.48. The number of nitrogens with one attached hydrogen (secondary N) is 2. The quantitative estimate of drug-likeness (QED) is 0.530. The third-order valence-electron chi connectivity index (χ3n) is 6.01. The van der Waals surface area contributed by atoms with Gasteiger partial charge in [-0.05, 0) is 55.3 Å². The smallest absolute Gasteiger partial charge is 0.261 e. The minimum Gasteiger partial charge on any atom is -0.349 e. The van der Waals surface area contributed by atoms with Crippen LogP contribution in [0.5, 0.6) is 0 Å². The van der Waals surface area contributed by atoms with Crippen molar-refractivity contribution >= 4 is 40.7 Å². The van der Waals surface area contributed by atoms with E-state index in [9.17, 15) is 19.2 Å². The normalized spacial score (nSPS) is 19.2. The molecule has 2 heterocycles. The summed E-state index contributed by atoms with van der Waals surface area (Å²) >= 11 is 7.13. The Morgan fingerprint density at radius 2 is 1.60 bits per heavy atom. The van der Waals surface area contributed by atoms with E-state index in [0.29, 0.717) is 33.3 Å². The van der Waals surface area contributed by atoms with Crippen molar-refractivity contribution in [1.29, 1.82) is 0 Å². The standard InChI is InChI=1S/C25H25ClN4O4S/c1-29(2)25(34)16-13-18(19(14-16)28-24(33)20-10-11-21(26)35-20)27-23(32)15-6-8-17(9-7-15)30-12-4-3-5-22(30)31/h3-12,16,18-19H,13-14H2,1-2H3,(H,27,32)(H,28,33). The minimum absolute atomic E-state index is 0.0437. The second-order valence-corrected chi connectivity index (χ2v) is 10.3. The fourth-order valence-electron chi connectivity index (χ4n) is 4.27. The molecule has 3 aromatic rings. The van der Waals surface area contributed by atoms with Gasteiger partial charge in [-0.2, -0.15) is 0 Å². The molecule has 0 saturated heterocycles. The molecule has 0 radical (unpaired) electrons. The molecule has 0 aliphatic heterocycles. The molecule has 1 aromatic carbocycles. The molecule has 8 nitrogen and oxygen atoms in total. The molecule has 3 amide bonds. The Kier molecular flexibility index (Phi) is 7.37. The number of carbonyl (C=O) groups excluding carboxylic acids is 3. The van der Waals surface area contributed by atoms with Crippen LogP contribution >= 0.6 is 22.9 Å². The van der Waals surface area contributed by atoms with Crippen molar-refractivity contribution in [1.82, 2.24) is 20.1 Å². The molecule has 0 spiro atoms. The van der Waals surface area contributed by atoms with Crippen LogP contribution in [0.2, 0.25) is 4.34 Å². The average Bonchev–Trinajstić information content (AvgIpc) is 3.45. The highest BCUT2D eigenvalue weighted by Gasteiger charge is 2.40. The number of carbonyl (C=O) groups is 3. The molecule has 1 aliphatic rings. The first-order chi connectivity index (χ1) is 16.7. The number of amides is 3. The lowest BCUT2D eigenvalue weighted by molar-refractivity contribution is -0.132. The van der Waals surface area contributed by atoms with E-state index < -0.39 is 12.1 Å². The zero-order chi connectivity index (χ0) is 25.1. The predicted molar refractivity (Wildman–Crippen MR) is 135 cm³/mol. The lowest BCUT2D eigenvalue weighted by Gasteiger charge is -2.22. The summed E-state index contributed by atoms with van der Waals surface area (Å²) in [6.45, 7) is 0. The van der Waals surface area contributed by atoms with E-state index in [-0.39, 0.29) is 29.2 Å². The van der Waals surface area contributed by atoms with Crippen molar-refractivity contribution in [3.63, 3.8) is 0 Å². The van der Waals surface area contributed by atoms with E-state index in [1.54, 1.807) is 68.8 Å². The summed E-state index contributed by atoms with van der Waals surface area (Å²) in [5, 5.41) is 5.95. The number of nitrogens with zero attached hydrogens (tertiary/aromatic N) is 2. The summed E-state index contributed by atoms with van der Waals surface area (Å²) in [4.78, 5) is 52.4. The fourth-order valence-corrected chi connectivity index (χ4v) is 5.21. The summed E-state index contributed by atoms with van der Waals surface area (Å²) in [7, 11) is 3.38. The van der Waals surface area contributed by atoms with Crippen molar-refractivity contribution in [2.75, 3.05) is 14.1 Å². The van der Waals surface area contributed by atoms with Crippen molar-refractivity contribution in [3.05, 3.63) is 85.9 Å². The first-order valence-corrected chi connectivity index (χ1v) is 12.3. The number of rotatable bonds is 6.